The molecule has 2 aromatic carbocycles. The SMILES string of the molecule is C[C@@H](C(NC(=O)C(CCS(C)=O)NC(=O)NC(Cc1c[nH]c2ccccc12)C(=O)O)C(=O)N/C=C1/C[C@@H](O)[C@H](n2ccc(=O)[nH]c2=O)O1)N(C)C(=O)[C@@H](Cc1cccc(O)c1)NC(=O)O. The third-order valence-corrected chi connectivity index (χ3v) is 11.3. The Hall–Kier alpha value is -7.47. The van der Waals surface area contributed by atoms with Gasteiger partial charge in [-0.2, -0.15) is 0 Å². The lowest BCUT2D eigenvalue weighted by atomic mass is 10.0. The highest BCUT2D eigenvalue weighted by molar-refractivity contribution is 7.84. The zero-order chi connectivity index (χ0) is 47.5. The highest BCUT2D eigenvalue weighted by Gasteiger charge is 2.38. The van der Waals surface area contributed by atoms with E-state index in [0.29, 0.717) is 11.1 Å². The maximum Gasteiger partial charge on any atom is 0.405 e. The van der Waals surface area contributed by atoms with Gasteiger partial charge in [0.15, 0.2) is 0 Å². The summed E-state index contributed by atoms with van der Waals surface area (Å²) in [7, 11) is -0.265. The number of rotatable bonds is 19. The monoisotopic (exact) mass is 923 g/mol. The van der Waals surface area contributed by atoms with Gasteiger partial charge < -0.3 is 61.6 Å². The highest BCUT2D eigenvalue weighted by Crippen LogP contribution is 2.30. The molecule has 24 heteroatoms. The van der Waals surface area contributed by atoms with E-state index < -0.39 is 100 Å². The van der Waals surface area contributed by atoms with Crippen LogP contribution in [-0.2, 0) is 47.6 Å². The number of nitrogens with zero attached hydrogens (tertiary/aromatic N) is 2. The van der Waals surface area contributed by atoms with Gasteiger partial charge >= 0.3 is 23.8 Å². The van der Waals surface area contributed by atoms with E-state index in [1.54, 1.807) is 36.5 Å². The first-order chi connectivity index (χ1) is 30.8. The number of aliphatic hydroxyl groups excluding tert-OH is 1. The number of hydrogen-bond acceptors (Lipinski definition) is 12. The second kappa shape index (κ2) is 21.7. The first-order valence-corrected chi connectivity index (χ1v) is 21.7. The molecule has 5 rings (SSSR count). The Morgan fingerprint density at radius 2 is 1.68 bits per heavy atom. The molecule has 1 aliphatic heterocycles. The molecule has 4 unspecified atom stereocenters. The zero-order valence-electron chi connectivity index (χ0n) is 35.2. The summed E-state index contributed by atoms with van der Waals surface area (Å²) in [6, 6.07) is 5.30. The van der Waals surface area contributed by atoms with E-state index in [0.717, 1.165) is 38.8 Å². The van der Waals surface area contributed by atoms with Crippen LogP contribution in [0, 0.1) is 0 Å². The van der Waals surface area contributed by atoms with Gasteiger partial charge in [-0.3, -0.25) is 32.9 Å². The maximum atomic E-state index is 14.1. The number of aliphatic hydroxyl groups is 1. The standard InChI is InChI=1S/C41H49N9O14S/c1-21(49(2)36(56)29(46-41(61)62)16-22-7-6-8-24(51)15-22)33(35(55)43-20-25-18-31(52)37(64-25)50-13-11-32(53)47-40(50)60)48-34(54)28(12-14-65(3)63)44-39(59)45-30(38(57)58)17-23-19-42-27-10-5-4-9-26(23)27/h4-11,13,15,19-21,28-31,33,37,42,46,51-52H,12,14,16-18H2,1-3H3,(H,43,55)(H,48,54)(H,57,58)(H,61,62)(H2,44,45,59)(H,47,53,60)/b25-20-/t21-,28?,29+,30?,31+,33?,37+,65?/m0/s1. The van der Waals surface area contributed by atoms with Crippen LogP contribution >= 0.6 is 0 Å². The molecular weight excluding hydrogens is 875 g/mol. The average Bonchev–Trinajstić information content (AvgIpc) is 3.83. The number of aromatic amines is 2. The molecule has 0 bridgehead atoms. The number of likely N-dealkylation sites (N-methyl/N-ethyl adjacent to an activating group) is 1. The van der Waals surface area contributed by atoms with Gasteiger partial charge in [0.1, 0.15) is 41.8 Å². The molecule has 0 spiro atoms. The van der Waals surface area contributed by atoms with Crippen molar-refractivity contribution in [1.82, 2.24) is 46.0 Å². The van der Waals surface area contributed by atoms with Gasteiger partial charge in [-0.25, -0.2) is 19.2 Å². The van der Waals surface area contributed by atoms with Gasteiger partial charge in [-0.05, 0) is 42.7 Å². The minimum atomic E-state index is -1.71. The number of benzene rings is 2. The number of fused-ring (bicyclic) bond motifs is 1. The molecule has 11 N–H and O–H groups in total. The van der Waals surface area contributed by atoms with Gasteiger partial charge in [0.25, 0.3) is 5.56 Å². The maximum absolute atomic E-state index is 14.1. The number of para-hydroxylation sites is 1. The first-order valence-electron chi connectivity index (χ1n) is 20.0. The van der Waals surface area contributed by atoms with Crippen molar-refractivity contribution in [3.05, 3.63) is 111 Å². The van der Waals surface area contributed by atoms with Crippen molar-refractivity contribution in [3.8, 4) is 5.75 Å². The third kappa shape index (κ3) is 13.0. The summed E-state index contributed by atoms with van der Waals surface area (Å²) in [6.07, 6.45) is 0.0187. The van der Waals surface area contributed by atoms with Crippen molar-refractivity contribution in [3.63, 3.8) is 0 Å². The summed E-state index contributed by atoms with van der Waals surface area (Å²) < 4.78 is 18.8. The number of aromatic hydroxyl groups is 1. The average molecular weight is 924 g/mol. The second-order valence-electron chi connectivity index (χ2n) is 15.2. The number of carboxylic acid groups (broad SMARTS) is 2. The van der Waals surface area contributed by atoms with Crippen LogP contribution in [0.1, 0.15) is 37.1 Å². The van der Waals surface area contributed by atoms with E-state index in [1.807, 2.05) is 4.98 Å². The lowest BCUT2D eigenvalue weighted by molar-refractivity contribution is -0.139. The number of phenolic OH excluding ortho intramolecular Hbond substituents is 1. The fourth-order valence-corrected chi connectivity index (χ4v) is 7.59. The first kappa shape index (κ1) is 48.6. The zero-order valence-corrected chi connectivity index (χ0v) is 36.0. The number of phenols is 1. The number of urea groups is 1. The molecule has 1 saturated heterocycles. The summed E-state index contributed by atoms with van der Waals surface area (Å²) in [5, 5.41) is 52.8. The number of hydrogen-bond donors (Lipinski definition) is 11. The number of carbonyl (C=O) groups excluding carboxylic acids is 4. The number of H-pyrrole nitrogens is 2. The Kier molecular flexibility index (Phi) is 16.2. The Labute approximate surface area is 371 Å². The second-order valence-corrected chi connectivity index (χ2v) is 16.7. The van der Waals surface area contributed by atoms with Crippen molar-refractivity contribution in [2.24, 2.45) is 0 Å². The molecule has 4 aromatic rings. The molecule has 348 valence electrons. The Morgan fingerprint density at radius 3 is 2.35 bits per heavy atom. The van der Waals surface area contributed by atoms with Crippen molar-refractivity contribution >= 4 is 57.5 Å². The van der Waals surface area contributed by atoms with Crippen LogP contribution < -0.4 is 37.8 Å². The summed E-state index contributed by atoms with van der Waals surface area (Å²) in [5.41, 5.74) is 0.125. The van der Waals surface area contributed by atoms with Gasteiger partial charge in [0.05, 0.1) is 6.04 Å². The molecule has 8 atom stereocenters. The summed E-state index contributed by atoms with van der Waals surface area (Å²) in [5.74, 6) is -4.60. The normalized spacial score (nSPS) is 17.9. The highest BCUT2D eigenvalue weighted by atomic mass is 32.2. The van der Waals surface area contributed by atoms with Crippen LogP contribution in [0.25, 0.3) is 10.9 Å². The van der Waals surface area contributed by atoms with E-state index in [-0.39, 0.29) is 42.9 Å². The molecule has 0 saturated carbocycles. The van der Waals surface area contributed by atoms with Gasteiger partial charge in [0, 0.05) is 84.7 Å². The number of carboxylic acids is 1. The Bertz CT molecular complexity index is 2590. The van der Waals surface area contributed by atoms with Crippen molar-refractivity contribution < 1.29 is 58.1 Å². The van der Waals surface area contributed by atoms with E-state index in [1.165, 1.54) is 38.4 Å². The summed E-state index contributed by atoms with van der Waals surface area (Å²) in [6.45, 7) is 1.36. The Balaban J connectivity index is 1.40. The van der Waals surface area contributed by atoms with Gasteiger partial charge in [-0.15, -0.1) is 0 Å². The predicted molar refractivity (Wildman–Crippen MR) is 232 cm³/mol. The van der Waals surface area contributed by atoms with Crippen LogP contribution in [0.5, 0.6) is 5.75 Å². The molecule has 65 heavy (non-hydrogen) atoms. The minimum absolute atomic E-state index is 0.0461. The fraction of sp³-hybridized carbons (Fsp3) is 0.366. The molecular formula is C41H49N9O14S. The predicted octanol–water partition coefficient (Wildman–Crippen LogP) is -0.696. The molecule has 1 fully saturated rings. The number of ether oxygens (including phenoxy) is 1. The van der Waals surface area contributed by atoms with Crippen molar-refractivity contribution in [1.29, 1.82) is 0 Å². The van der Waals surface area contributed by atoms with Crippen LogP contribution in [0.15, 0.2) is 88.5 Å². The number of nitrogens with one attached hydrogen (secondary N) is 7. The fourth-order valence-electron chi connectivity index (χ4n) is 7.02. The molecule has 1 aliphatic rings. The molecule has 6 amide bonds. The van der Waals surface area contributed by atoms with Crippen LogP contribution in [0.4, 0.5) is 9.59 Å². The van der Waals surface area contributed by atoms with Crippen LogP contribution in [-0.4, -0.2) is 135 Å². The molecule has 0 aliphatic carbocycles. The van der Waals surface area contributed by atoms with Gasteiger partial charge in [0.2, 0.25) is 23.9 Å². The van der Waals surface area contributed by atoms with Gasteiger partial charge in [-0.1, -0.05) is 30.3 Å². The number of aliphatic carboxylic acids is 1. The topological polar surface area (TPSA) is 344 Å². The molecule has 3 heterocycles. The lowest BCUT2D eigenvalue weighted by Gasteiger charge is -2.34. The summed E-state index contributed by atoms with van der Waals surface area (Å²) >= 11 is 0. The lowest BCUT2D eigenvalue weighted by Crippen LogP contribution is -2.62. The van der Waals surface area contributed by atoms with Crippen molar-refractivity contribution in [2.45, 2.75) is 75.1 Å². The molecule has 23 nitrogen and oxygen atoms in total. The van der Waals surface area contributed by atoms with Crippen LogP contribution in [0.2, 0.25) is 0 Å². The van der Waals surface area contributed by atoms with E-state index in [2.05, 4.69) is 31.6 Å². The smallest absolute Gasteiger partial charge is 0.405 e. The number of amides is 6. The molecule has 0 radical (unpaired) electrons. The summed E-state index contributed by atoms with van der Waals surface area (Å²) in [4.78, 5) is 110. The van der Waals surface area contributed by atoms with E-state index in [9.17, 15) is 63.0 Å². The van der Waals surface area contributed by atoms with E-state index >= 15 is 0 Å². The quantitative estimate of drug-likeness (QED) is 0.0555. The number of aromatic nitrogens is 3. The van der Waals surface area contributed by atoms with Crippen molar-refractivity contribution in [2.75, 3.05) is 19.1 Å². The number of carbonyl (C=O) groups is 6. The Morgan fingerprint density at radius 1 is 0.954 bits per heavy atom. The largest absolute Gasteiger partial charge is 0.508 e. The van der Waals surface area contributed by atoms with Crippen LogP contribution in [0.3, 0.4) is 0 Å². The third-order valence-electron chi connectivity index (χ3n) is 10.5. The minimum Gasteiger partial charge on any atom is -0.508 e. The molecule has 2 aromatic heterocycles. The van der Waals surface area contributed by atoms with E-state index in [4.69, 9.17) is 4.74 Å².